The third-order valence-corrected chi connectivity index (χ3v) is 1.22. The lowest BCUT2D eigenvalue weighted by Crippen LogP contribution is -2.07. The minimum absolute atomic E-state index is 0.567. The lowest BCUT2D eigenvalue weighted by Gasteiger charge is -1.99. The van der Waals surface area contributed by atoms with Gasteiger partial charge < -0.3 is 0 Å². The summed E-state index contributed by atoms with van der Waals surface area (Å²) in [4.78, 5) is 8.02. The largest absolute Gasteiger partial charge is 0.267 e. The van der Waals surface area contributed by atoms with Crippen molar-refractivity contribution < 1.29 is 0 Å². The Labute approximate surface area is 49.3 Å². The number of hydrogen-bond donors (Lipinski definition) is 0. The summed E-state index contributed by atoms with van der Waals surface area (Å²) in [5.41, 5.74) is 1.20. The molecule has 0 saturated carbocycles. The Morgan fingerprint density at radius 2 is 2.38 bits per heavy atom. The second-order valence-corrected chi connectivity index (χ2v) is 2.23. The highest BCUT2D eigenvalue weighted by molar-refractivity contribution is 5.97. The molecule has 2 heteroatoms. The molecule has 8 heavy (non-hydrogen) atoms. The van der Waals surface area contributed by atoms with Crippen LogP contribution in [0.3, 0.4) is 0 Å². The quantitative estimate of drug-likeness (QED) is 0.483. The Hall–Kier alpha value is -0.660. The molecular formula is C6H10N2. The van der Waals surface area contributed by atoms with E-state index in [2.05, 4.69) is 23.8 Å². The van der Waals surface area contributed by atoms with Gasteiger partial charge in [0.05, 0.1) is 6.54 Å². The van der Waals surface area contributed by atoms with E-state index in [0.717, 1.165) is 6.54 Å². The fourth-order valence-electron chi connectivity index (χ4n) is 0.622. The molecule has 0 N–H and O–H groups in total. The van der Waals surface area contributed by atoms with E-state index in [1.54, 1.807) is 6.34 Å². The summed E-state index contributed by atoms with van der Waals surface area (Å²) >= 11 is 0. The fraction of sp³-hybridized carbons (Fsp3) is 0.667. The van der Waals surface area contributed by atoms with Crippen LogP contribution in [0.2, 0.25) is 0 Å². The zero-order chi connectivity index (χ0) is 5.98. The third kappa shape index (κ3) is 0.941. The highest BCUT2D eigenvalue weighted by Gasteiger charge is 2.05. The molecule has 0 atom stereocenters. The fourth-order valence-corrected chi connectivity index (χ4v) is 0.622. The molecule has 0 aromatic heterocycles. The van der Waals surface area contributed by atoms with Crippen molar-refractivity contribution in [3.63, 3.8) is 0 Å². The average Bonchev–Trinajstić information content (AvgIpc) is 2.12. The smallest absolute Gasteiger partial charge is 0.110 e. The van der Waals surface area contributed by atoms with Gasteiger partial charge in [0.15, 0.2) is 0 Å². The Balaban J connectivity index is 2.51. The molecule has 1 aliphatic heterocycles. The molecule has 44 valence electrons. The van der Waals surface area contributed by atoms with Crippen molar-refractivity contribution in [1.29, 1.82) is 0 Å². The Kier molecular flexibility index (Phi) is 1.42. The SMILES string of the molecule is CC(C)C1=NC=NC1. The topological polar surface area (TPSA) is 24.7 Å². The maximum Gasteiger partial charge on any atom is 0.110 e. The molecule has 0 aliphatic carbocycles. The minimum Gasteiger partial charge on any atom is -0.267 e. The van der Waals surface area contributed by atoms with Crippen LogP contribution < -0.4 is 0 Å². The summed E-state index contributed by atoms with van der Waals surface area (Å²) in [6, 6.07) is 0. The predicted octanol–water partition coefficient (Wildman–Crippen LogP) is 1.13. The predicted molar refractivity (Wildman–Crippen MR) is 35.6 cm³/mol. The standard InChI is InChI=1S/C6H10N2/c1-5(2)6-3-7-4-8-6/h4-5H,3H2,1-2H3. The molecule has 1 heterocycles. The van der Waals surface area contributed by atoms with E-state index in [1.165, 1.54) is 5.71 Å². The van der Waals surface area contributed by atoms with E-state index in [1.807, 2.05) is 0 Å². The number of aliphatic imine (C=N–C) groups is 2. The van der Waals surface area contributed by atoms with Crippen molar-refractivity contribution >= 4 is 12.1 Å². The number of nitrogens with zero attached hydrogens (tertiary/aromatic N) is 2. The van der Waals surface area contributed by atoms with E-state index in [4.69, 9.17) is 0 Å². The van der Waals surface area contributed by atoms with Crippen molar-refractivity contribution in [3.05, 3.63) is 0 Å². The lowest BCUT2D eigenvalue weighted by molar-refractivity contribution is 0.874. The second-order valence-electron chi connectivity index (χ2n) is 2.23. The summed E-state index contributed by atoms with van der Waals surface area (Å²) in [7, 11) is 0. The van der Waals surface area contributed by atoms with Crippen LogP contribution in [0.25, 0.3) is 0 Å². The molecule has 0 spiro atoms. The van der Waals surface area contributed by atoms with Crippen LogP contribution in [0, 0.1) is 5.92 Å². The maximum atomic E-state index is 4.06. The van der Waals surface area contributed by atoms with Crippen molar-refractivity contribution in [2.24, 2.45) is 15.9 Å². The first-order valence-electron chi connectivity index (χ1n) is 2.85. The number of rotatable bonds is 1. The molecule has 0 bridgehead atoms. The summed E-state index contributed by atoms with van der Waals surface area (Å²) in [5, 5.41) is 0. The Morgan fingerprint density at radius 1 is 1.62 bits per heavy atom. The van der Waals surface area contributed by atoms with E-state index >= 15 is 0 Å². The molecule has 0 radical (unpaired) electrons. The second kappa shape index (κ2) is 2.07. The van der Waals surface area contributed by atoms with Crippen LogP contribution in [0.15, 0.2) is 9.98 Å². The first kappa shape index (κ1) is 5.48. The van der Waals surface area contributed by atoms with Gasteiger partial charge in [0.2, 0.25) is 0 Å². The van der Waals surface area contributed by atoms with Gasteiger partial charge in [-0.15, -0.1) is 0 Å². The average molecular weight is 110 g/mol. The van der Waals surface area contributed by atoms with Gasteiger partial charge >= 0.3 is 0 Å². The summed E-state index contributed by atoms with van der Waals surface area (Å²) in [5.74, 6) is 0.567. The van der Waals surface area contributed by atoms with Crippen LogP contribution in [0.1, 0.15) is 13.8 Å². The van der Waals surface area contributed by atoms with Gasteiger partial charge in [-0.3, -0.25) is 4.99 Å². The molecular weight excluding hydrogens is 100 g/mol. The first-order valence-corrected chi connectivity index (χ1v) is 2.85. The first-order chi connectivity index (χ1) is 3.80. The van der Waals surface area contributed by atoms with Gasteiger partial charge in [-0.1, -0.05) is 13.8 Å². The van der Waals surface area contributed by atoms with E-state index in [9.17, 15) is 0 Å². The minimum atomic E-state index is 0.567. The molecule has 0 unspecified atom stereocenters. The van der Waals surface area contributed by atoms with Gasteiger partial charge in [-0.05, 0) is 5.92 Å². The van der Waals surface area contributed by atoms with Gasteiger partial charge in [0, 0.05) is 5.71 Å². The highest BCUT2D eigenvalue weighted by Crippen LogP contribution is 2.00. The van der Waals surface area contributed by atoms with Crippen LogP contribution in [0.5, 0.6) is 0 Å². The van der Waals surface area contributed by atoms with Crippen LogP contribution in [-0.2, 0) is 0 Å². The third-order valence-electron chi connectivity index (χ3n) is 1.22. The molecule has 2 nitrogen and oxygen atoms in total. The molecule has 1 aliphatic rings. The molecule has 0 amide bonds. The van der Waals surface area contributed by atoms with Crippen molar-refractivity contribution in [1.82, 2.24) is 0 Å². The molecule has 0 aromatic carbocycles. The van der Waals surface area contributed by atoms with E-state index in [0.29, 0.717) is 5.92 Å². The van der Waals surface area contributed by atoms with E-state index in [-0.39, 0.29) is 0 Å². The lowest BCUT2D eigenvalue weighted by atomic mass is 10.1. The van der Waals surface area contributed by atoms with Crippen LogP contribution in [-0.4, -0.2) is 18.6 Å². The zero-order valence-electron chi connectivity index (χ0n) is 5.26. The van der Waals surface area contributed by atoms with Gasteiger partial charge in [0.25, 0.3) is 0 Å². The van der Waals surface area contributed by atoms with Crippen LogP contribution in [0.4, 0.5) is 0 Å². The summed E-state index contributed by atoms with van der Waals surface area (Å²) < 4.78 is 0. The van der Waals surface area contributed by atoms with Gasteiger partial charge in [0.1, 0.15) is 6.34 Å². The molecule has 0 fully saturated rings. The Morgan fingerprint density at radius 3 is 2.62 bits per heavy atom. The van der Waals surface area contributed by atoms with Crippen molar-refractivity contribution in [2.75, 3.05) is 6.54 Å². The highest BCUT2D eigenvalue weighted by atomic mass is 14.9. The molecule has 1 rings (SSSR count). The Bertz CT molecular complexity index is 133. The maximum absolute atomic E-state index is 4.06. The zero-order valence-corrected chi connectivity index (χ0v) is 5.26. The molecule has 0 aromatic rings. The normalized spacial score (nSPS) is 17.6. The van der Waals surface area contributed by atoms with Crippen LogP contribution >= 0.6 is 0 Å². The number of hydrogen-bond acceptors (Lipinski definition) is 2. The molecule has 0 saturated heterocycles. The van der Waals surface area contributed by atoms with E-state index < -0.39 is 0 Å². The van der Waals surface area contributed by atoms with Crippen molar-refractivity contribution in [2.45, 2.75) is 13.8 Å². The van der Waals surface area contributed by atoms with Gasteiger partial charge in [-0.25, -0.2) is 4.99 Å². The summed E-state index contributed by atoms with van der Waals surface area (Å²) in [6.07, 6.45) is 1.63. The van der Waals surface area contributed by atoms with Gasteiger partial charge in [-0.2, -0.15) is 0 Å². The monoisotopic (exact) mass is 110 g/mol. The van der Waals surface area contributed by atoms with Crippen molar-refractivity contribution in [3.8, 4) is 0 Å². The summed E-state index contributed by atoms with van der Waals surface area (Å²) in [6.45, 7) is 5.08.